The van der Waals surface area contributed by atoms with Crippen LogP contribution in [0.1, 0.15) is 5.56 Å². The zero-order valence-electron chi connectivity index (χ0n) is 15.4. The third-order valence-corrected chi connectivity index (χ3v) is 4.83. The fraction of sp³-hybridized carbons (Fsp3) is 0. The van der Waals surface area contributed by atoms with E-state index in [0.29, 0.717) is 16.7 Å². The Morgan fingerprint density at radius 2 is 1.07 bits per heavy atom. The van der Waals surface area contributed by atoms with Gasteiger partial charge < -0.3 is 0 Å². The van der Waals surface area contributed by atoms with Crippen molar-refractivity contribution < 1.29 is 4.39 Å². The van der Waals surface area contributed by atoms with Gasteiger partial charge in [-0.15, -0.1) is 0 Å². The van der Waals surface area contributed by atoms with Crippen LogP contribution in [0.5, 0.6) is 0 Å². The van der Waals surface area contributed by atoms with Crippen LogP contribution in [-0.4, -0.2) is 0 Å². The molecule has 0 aliphatic heterocycles. The second-order valence-electron chi connectivity index (χ2n) is 6.48. The maximum absolute atomic E-state index is 15.4. The molecule has 0 aromatic heterocycles. The van der Waals surface area contributed by atoms with E-state index in [1.807, 2.05) is 97.1 Å². The summed E-state index contributed by atoms with van der Waals surface area (Å²) in [6.07, 6.45) is 0. The summed E-state index contributed by atoms with van der Waals surface area (Å²) in [6.45, 7) is 7.66. The fourth-order valence-electron chi connectivity index (χ4n) is 3.59. The number of hydrogen-bond donors (Lipinski definition) is 0. The minimum Gasteiger partial charge on any atom is -0.234 e. The Kier molecular flexibility index (Phi) is 4.89. The zero-order chi connectivity index (χ0) is 20.2. The average molecular weight is 374 g/mol. The summed E-state index contributed by atoms with van der Waals surface area (Å²) >= 11 is 0. The summed E-state index contributed by atoms with van der Waals surface area (Å²) in [5.41, 5.74) is 3.74. The first kappa shape index (κ1) is 18.2. The largest absolute Gasteiger partial charge is 0.234 e. The standard InChI is InChI=1S/C26H15FN2/c1-29-26-24(20-15-9-4-10-16-20)23(19-13-7-3-8-14-19)22(21(17-28)25(26)27)18-11-5-2-6-12-18/h2-16H. The molecule has 136 valence electrons. The molecular weight excluding hydrogens is 359 g/mol. The lowest BCUT2D eigenvalue weighted by atomic mass is 9.83. The van der Waals surface area contributed by atoms with Crippen molar-refractivity contribution in [1.29, 1.82) is 5.26 Å². The van der Waals surface area contributed by atoms with Crippen molar-refractivity contribution in [3.8, 4) is 39.4 Å². The first-order valence-corrected chi connectivity index (χ1v) is 9.09. The molecule has 0 radical (unpaired) electrons. The molecule has 0 fully saturated rings. The smallest absolute Gasteiger partial charge is 0.231 e. The van der Waals surface area contributed by atoms with Gasteiger partial charge in [0.05, 0.1) is 12.1 Å². The van der Waals surface area contributed by atoms with E-state index in [1.165, 1.54) is 0 Å². The maximum atomic E-state index is 15.4. The number of rotatable bonds is 3. The Morgan fingerprint density at radius 1 is 0.655 bits per heavy atom. The van der Waals surface area contributed by atoms with Crippen LogP contribution in [0.25, 0.3) is 38.2 Å². The van der Waals surface area contributed by atoms with Crippen LogP contribution in [0.15, 0.2) is 91.0 Å². The molecule has 0 spiro atoms. The fourth-order valence-corrected chi connectivity index (χ4v) is 3.59. The first-order valence-electron chi connectivity index (χ1n) is 9.09. The van der Waals surface area contributed by atoms with E-state index in [-0.39, 0.29) is 11.3 Å². The summed E-state index contributed by atoms with van der Waals surface area (Å²) in [6, 6.07) is 30.1. The molecule has 0 aliphatic rings. The quantitative estimate of drug-likeness (QED) is 0.347. The third-order valence-electron chi connectivity index (χ3n) is 4.83. The topological polar surface area (TPSA) is 28.1 Å². The lowest BCUT2D eigenvalue weighted by Crippen LogP contribution is -1.99. The minimum atomic E-state index is -0.778. The van der Waals surface area contributed by atoms with Gasteiger partial charge in [-0.1, -0.05) is 91.0 Å². The first-order chi connectivity index (χ1) is 14.3. The van der Waals surface area contributed by atoms with Crippen LogP contribution in [0.4, 0.5) is 10.1 Å². The molecule has 4 rings (SSSR count). The van der Waals surface area contributed by atoms with Crippen molar-refractivity contribution >= 4 is 5.69 Å². The Labute approximate surface area is 168 Å². The molecule has 3 heteroatoms. The molecule has 4 aromatic carbocycles. The number of hydrogen-bond acceptors (Lipinski definition) is 1. The van der Waals surface area contributed by atoms with E-state index < -0.39 is 5.82 Å². The second-order valence-corrected chi connectivity index (χ2v) is 6.48. The number of halogens is 1. The van der Waals surface area contributed by atoms with E-state index in [9.17, 15) is 5.26 Å². The van der Waals surface area contributed by atoms with Gasteiger partial charge in [-0.25, -0.2) is 9.24 Å². The van der Waals surface area contributed by atoms with Gasteiger partial charge in [0.25, 0.3) is 0 Å². The van der Waals surface area contributed by atoms with Gasteiger partial charge in [0.2, 0.25) is 5.69 Å². The van der Waals surface area contributed by atoms with E-state index >= 15 is 4.39 Å². The Bertz CT molecular complexity index is 1170. The molecule has 0 saturated heterocycles. The highest BCUT2D eigenvalue weighted by atomic mass is 19.1. The molecule has 0 atom stereocenters. The number of nitrogens with zero attached hydrogens (tertiary/aromatic N) is 2. The second kappa shape index (κ2) is 7.80. The molecule has 0 bridgehead atoms. The van der Waals surface area contributed by atoms with Crippen molar-refractivity contribution in [2.45, 2.75) is 0 Å². The minimum absolute atomic E-state index is 0.110. The Balaban J connectivity index is 2.26. The van der Waals surface area contributed by atoms with Crippen molar-refractivity contribution in [3.63, 3.8) is 0 Å². The van der Waals surface area contributed by atoms with Crippen LogP contribution in [0.2, 0.25) is 0 Å². The normalized spacial score (nSPS) is 10.2. The van der Waals surface area contributed by atoms with Gasteiger partial charge in [-0.2, -0.15) is 5.26 Å². The van der Waals surface area contributed by atoms with E-state index in [4.69, 9.17) is 6.57 Å². The third kappa shape index (κ3) is 3.16. The highest BCUT2D eigenvalue weighted by molar-refractivity contribution is 6.02. The molecule has 0 unspecified atom stereocenters. The predicted octanol–water partition coefficient (Wildman–Crippen LogP) is 7.25. The van der Waals surface area contributed by atoms with Crippen molar-refractivity contribution in [1.82, 2.24) is 0 Å². The maximum Gasteiger partial charge on any atom is 0.231 e. The number of nitriles is 1. The van der Waals surface area contributed by atoms with Crippen molar-refractivity contribution in [2.75, 3.05) is 0 Å². The van der Waals surface area contributed by atoms with Crippen LogP contribution in [-0.2, 0) is 0 Å². The van der Waals surface area contributed by atoms with Crippen LogP contribution in [0, 0.1) is 23.7 Å². The molecule has 0 N–H and O–H groups in total. The van der Waals surface area contributed by atoms with Gasteiger partial charge in [0, 0.05) is 5.56 Å². The molecule has 2 nitrogen and oxygen atoms in total. The van der Waals surface area contributed by atoms with E-state index in [0.717, 1.165) is 16.7 Å². The molecule has 0 amide bonds. The van der Waals surface area contributed by atoms with Crippen LogP contribution >= 0.6 is 0 Å². The summed E-state index contributed by atoms with van der Waals surface area (Å²) in [5.74, 6) is -0.778. The predicted molar refractivity (Wildman–Crippen MR) is 114 cm³/mol. The van der Waals surface area contributed by atoms with Gasteiger partial charge in [0.1, 0.15) is 11.9 Å². The lowest BCUT2D eigenvalue weighted by molar-refractivity contribution is 0.631. The summed E-state index contributed by atoms with van der Waals surface area (Å²) in [5, 5.41) is 9.82. The van der Waals surface area contributed by atoms with Gasteiger partial charge in [-0.05, 0) is 27.8 Å². The van der Waals surface area contributed by atoms with Crippen LogP contribution < -0.4 is 0 Å². The summed E-state index contributed by atoms with van der Waals surface area (Å²) < 4.78 is 15.4. The Hall–Kier alpha value is -4.21. The van der Waals surface area contributed by atoms with Crippen molar-refractivity contribution in [3.05, 3.63) is 114 Å². The SMILES string of the molecule is [C-]#[N+]c1c(F)c(C#N)c(-c2ccccc2)c(-c2ccccc2)c1-c1ccccc1. The van der Waals surface area contributed by atoms with Gasteiger partial charge in [0.15, 0.2) is 0 Å². The highest BCUT2D eigenvalue weighted by Gasteiger charge is 2.26. The Morgan fingerprint density at radius 3 is 1.48 bits per heavy atom. The molecule has 0 aliphatic carbocycles. The van der Waals surface area contributed by atoms with Crippen LogP contribution in [0.3, 0.4) is 0 Å². The van der Waals surface area contributed by atoms with E-state index in [1.54, 1.807) is 0 Å². The summed E-state index contributed by atoms with van der Waals surface area (Å²) in [4.78, 5) is 3.50. The monoisotopic (exact) mass is 374 g/mol. The molecule has 0 saturated carbocycles. The zero-order valence-corrected chi connectivity index (χ0v) is 15.4. The highest BCUT2D eigenvalue weighted by Crippen LogP contribution is 2.48. The van der Waals surface area contributed by atoms with Gasteiger partial charge in [-0.3, -0.25) is 0 Å². The van der Waals surface area contributed by atoms with E-state index in [2.05, 4.69) is 4.85 Å². The lowest BCUT2D eigenvalue weighted by Gasteiger charge is -2.20. The van der Waals surface area contributed by atoms with Crippen molar-refractivity contribution in [2.24, 2.45) is 0 Å². The molecular formula is C26H15FN2. The molecule has 29 heavy (non-hydrogen) atoms. The van der Waals surface area contributed by atoms with Gasteiger partial charge >= 0.3 is 0 Å². The molecule has 0 heterocycles. The summed E-state index contributed by atoms with van der Waals surface area (Å²) in [7, 11) is 0. The average Bonchev–Trinajstić information content (AvgIpc) is 2.80. The number of benzene rings is 4. The molecule has 4 aromatic rings.